The smallest absolute Gasteiger partial charge is 0.0485 e. The number of fused-ring (bicyclic) bond motifs is 1. The van der Waals surface area contributed by atoms with Gasteiger partial charge < -0.3 is 15.2 Å². The molecule has 1 heterocycles. The van der Waals surface area contributed by atoms with Gasteiger partial charge in [-0.25, -0.2) is 0 Å². The quantitative estimate of drug-likeness (QED) is 0.877. The molecule has 3 heteroatoms. The van der Waals surface area contributed by atoms with E-state index in [0.29, 0.717) is 6.54 Å². The third-order valence-electron chi connectivity index (χ3n) is 3.38. The molecule has 0 saturated carbocycles. The van der Waals surface area contributed by atoms with Crippen LogP contribution in [0.15, 0.2) is 24.4 Å². The summed E-state index contributed by atoms with van der Waals surface area (Å²) in [6.07, 6.45) is 2.20. The van der Waals surface area contributed by atoms with Crippen LogP contribution in [0.5, 0.6) is 0 Å². The van der Waals surface area contributed by atoms with E-state index in [1.54, 1.807) is 0 Å². The molecule has 3 nitrogen and oxygen atoms in total. The Morgan fingerprint density at radius 1 is 1.35 bits per heavy atom. The predicted octanol–water partition coefficient (Wildman–Crippen LogP) is 2.05. The number of likely N-dealkylation sites (N-methyl/N-ethyl adjacent to an activating group) is 1. The second kappa shape index (κ2) is 4.51. The minimum Gasteiger partial charge on any atom is -0.350 e. The Kier molecular flexibility index (Phi) is 3.22. The first-order chi connectivity index (χ1) is 8.04. The van der Waals surface area contributed by atoms with Gasteiger partial charge in [-0.1, -0.05) is 12.1 Å². The summed E-state index contributed by atoms with van der Waals surface area (Å²) < 4.78 is 2.18. The van der Waals surface area contributed by atoms with Gasteiger partial charge in [-0.15, -0.1) is 0 Å². The molecule has 1 unspecified atom stereocenters. The lowest BCUT2D eigenvalue weighted by atomic mass is 10.0. The normalized spacial score (nSPS) is 13.5. The Balaban J connectivity index is 2.62. The summed E-state index contributed by atoms with van der Waals surface area (Å²) >= 11 is 0. The summed E-state index contributed by atoms with van der Waals surface area (Å²) in [5.74, 6) is 0. The van der Waals surface area contributed by atoms with Gasteiger partial charge in [-0.3, -0.25) is 0 Å². The highest BCUT2D eigenvalue weighted by Gasteiger charge is 2.17. The summed E-state index contributed by atoms with van der Waals surface area (Å²) in [6, 6.07) is 6.87. The summed E-state index contributed by atoms with van der Waals surface area (Å²) in [6.45, 7) is 2.76. The zero-order valence-electron chi connectivity index (χ0n) is 11.1. The molecule has 0 bridgehead atoms. The van der Waals surface area contributed by atoms with E-state index in [9.17, 15) is 0 Å². The number of aromatic nitrogens is 1. The van der Waals surface area contributed by atoms with Gasteiger partial charge in [0.1, 0.15) is 0 Å². The van der Waals surface area contributed by atoms with Gasteiger partial charge >= 0.3 is 0 Å². The van der Waals surface area contributed by atoms with Crippen molar-refractivity contribution in [1.29, 1.82) is 0 Å². The molecule has 2 aromatic rings. The average molecular weight is 231 g/mol. The van der Waals surface area contributed by atoms with Crippen molar-refractivity contribution < 1.29 is 0 Å². The molecular formula is C14H21N3. The van der Waals surface area contributed by atoms with Crippen LogP contribution >= 0.6 is 0 Å². The maximum atomic E-state index is 5.88. The number of hydrogen-bond donors (Lipinski definition) is 1. The lowest BCUT2D eigenvalue weighted by molar-refractivity contribution is 0.307. The van der Waals surface area contributed by atoms with Crippen LogP contribution in [0.4, 0.5) is 0 Å². The maximum absolute atomic E-state index is 5.88. The predicted molar refractivity (Wildman–Crippen MR) is 73.1 cm³/mol. The van der Waals surface area contributed by atoms with E-state index in [1.807, 2.05) is 0 Å². The van der Waals surface area contributed by atoms with Crippen molar-refractivity contribution >= 4 is 10.9 Å². The molecule has 0 radical (unpaired) electrons. The van der Waals surface area contributed by atoms with E-state index in [4.69, 9.17) is 5.73 Å². The Bertz CT molecular complexity index is 525. The van der Waals surface area contributed by atoms with Crippen molar-refractivity contribution in [2.75, 3.05) is 20.6 Å². The first-order valence-corrected chi connectivity index (χ1v) is 5.96. The van der Waals surface area contributed by atoms with Crippen molar-refractivity contribution in [3.8, 4) is 0 Å². The fourth-order valence-corrected chi connectivity index (χ4v) is 2.41. The molecule has 17 heavy (non-hydrogen) atoms. The highest BCUT2D eigenvalue weighted by atomic mass is 15.1. The minimum absolute atomic E-state index is 0.279. The van der Waals surface area contributed by atoms with Gasteiger partial charge in [0.25, 0.3) is 0 Å². The lowest BCUT2D eigenvalue weighted by Gasteiger charge is -2.22. The van der Waals surface area contributed by atoms with Gasteiger partial charge in [0, 0.05) is 36.7 Å². The van der Waals surface area contributed by atoms with Gasteiger partial charge in [0.15, 0.2) is 0 Å². The Hall–Kier alpha value is -1.32. The minimum atomic E-state index is 0.279. The number of aryl methyl sites for hydroxylation is 2. The standard InChI is InChI=1S/C14H21N3/c1-10-5-6-11-12(14(8-15)16(2)3)9-17(4)13(11)7-10/h5-7,9,14H,8,15H2,1-4H3. The van der Waals surface area contributed by atoms with E-state index < -0.39 is 0 Å². The highest BCUT2D eigenvalue weighted by Crippen LogP contribution is 2.28. The topological polar surface area (TPSA) is 34.2 Å². The molecule has 0 saturated heterocycles. The number of benzene rings is 1. The second-order valence-electron chi connectivity index (χ2n) is 4.93. The molecule has 0 aliphatic heterocycles. The van der Waals surface area contributed by atoms with Gasteiger partial charge in [-0.2, -0.15) is 0 Å². The molecule has 0 aliphatic carbocycles. The number of hydrogen-bond acceptors (Lipinski definition) is 2. The van der Waals surface area contributed by atoms with Crippen LogP contribution < -0.4 is 5.73 Å². The monoisotopic (exact) mass is 231 g/mol. The number of nitrogens with two attached hydrogens (primary N) is 1. The molecule has 1 aromatic heterocycles. The number of rotatable bonds is 3. The van der Waals surface area contributed by atoms with Crippen LogP contribution in [-0.2, 0) is 7.05 Å². The molecule has 92 valence electrons. The molecule has 0 aliphatic rings. The zero-order chi connectivity index (χ0) is 12.6. The van der Waals surface area contributed by atoms with E-state index >= 15 is 0 Å². The highest BCUT2D eigenvalue weighted by molar-refractivity contribution is 5.85. The first-order valence-electron chi connectivity index (χ1n) is 5.96. The molecular weight excluding hydrogens is 210 g/mol. The van der Waals surface area contributed by atoms with Crippen molar-refractivity contribution in [2.24, 2.45) is 12.8 Å². The van der Waals surface area contributed by atoms with E-state index in [2.05, 4.69) is 61.9 Å². The molecule has 0 amide bonds. The van der Waals surface area contributed by atoms with E-state index in [0.717, 1.165) is 0 Å². The van der Waals surface area contributed by atoms with Gasteiger partial charge in [0.05, 0.1) is 0 Å². The van der Waals surface area contributed by atoms with Crippen LogP contribution in [-0.4, -0.2) is 30.1 Å². The molecule has 1 aromatic carbocycles. The molecule has 0 fully saturated rings. The Labute approximate surface area is 103 Å². The molecule has 1 atom stereocenters. The summed E-state index contributed by atoms with van der Waals surface area (Å²) in [7, 11) is 6.24. The van der Waals surface area contributed by atoms with Crippen LogP contribution in [0.3, 0.4) is 0 Å². The summed E-state index contributed by atoms with van der Waals surface area (Å²) in [5.41, 5.74) is 9.77. The number of nitrogens with zero attached hydrogens (tertiary/aromatic N) is 2. The lowest BCUT2D eigenvalue weighted by Crippen LogP contribution is -2.26. The van der Waals surface area contributed by atoms with Gasteiger partial charge in [0.2, 0.25) is 0 Å². The van der Waals surface area contributed by atoms with Crippen molar-refractivity contribution in [1.82, 2.24) is 9.47 Å². The maximum Gasteiger partial charge on any atom is 0.0485 e. The summed E-state index contributed by atoms with van der Waals surface area (Å²) in [4.78, 5) is 2.18. The van der Waals surface area contributed by atoms with E-state index in [1.165, 1.54) is 22.0 Å². The fraction of sp³-hybridized carbons (Fsp3) is 0.429. The largest absolute Gasteiger partial charge is 0.350 e. The van der Waals surface area contributed by atoms with Crippen LogP contribution in [0.2, 0.25) is 0 Å². The third-order valence-corrected chi connectivity index (χ3v) is 3.38. The van der Waals surface area contributed by atoms with Gasteiger partial charge in [-0.05, 0) is 38.2 Å². The SMILES string of the molecule is Cc1ccc2c(C(CN)N(C)C)cn(C)c2c1. The third kappa shape index (κ3) is 2.08. The fourth-order valence-electron chi connectivity index (χ4n) is 2.41. The first kappa shape index (κ1) is 12.1. The summed E-state index contributed by atoms with van der Waals surface area (Å²) in [5, 5.41) is 1.31. The van der Waals surface area contributed by atoms with Crippen LogP contribution in [0.1, 0.15) is 17.2 Å². The van der Waals surface area contributed by atoms with Crippen molar-refractivity contribution in [3.05, 3.63) is 35.5 Å². The van der Waals surface area contributed by atoms with E-state index in [-0.39, 0.29) is 6.04 Å². The van der Waals surface area contributed by atoms with Crippen molar-refractivity contribution in [3.63, 3.8) is 0 Å². The second-order valence-corrected chi connectivity index (χ2v) is 4.93. The average Bonchev–Trinajstić information content (AvgIpc) is 2.57. The van der Waals surface area contributed by atoms with Crippen molar-refractivity contribution in [2.45, 2.75) is 13.0 Å². The zero-order valence-corrected chi connectivity index (χ0v) is 11.1. The Morgan fingerprint density at radius 3 is 2.65 bits per heavy atom. The van der Waals surface area contributed by atoms with Crippen LogP contribution in [0.25, 0.3) is 10.9 Å². The molecule has 2 rings (SSSR count). The van der Waals surface area contributed by atoms with Crippen LogP contribution in [0, 0.1) is 6.92 Å². The molecule has 0 spiro atoms. The Morgan fingerprint density at radius 2 is 2.06 bits per heavy atom. The molecule has 2 N–H and O–H groups in total.